The van der Waals surface area contributed by atoms with Crippen molar-refractivity contribution < 1.29 is 41.9 Å². The number of nitrogens with two attached hydrogens (primary N) is 1. The molecule has 3 aromatic rings. The van der Waals surface area contributed by atoms with Crippen molar-refractivity contribution in [1.82, 2.24) is 10.3 Å². The first kappa shape index (κ1) is 36.7. The van der Waals surface area contributed by atoms with E-state index in [1.165, 1.54) is 19.4 Å². The molecule has 1 aromatic heterocycles. The van der Waals surface area contributed by atoms with Crippen LogP contribution in [0.3, 0.4) is 0 Å². The number of esters is 1. The Labute approximate surface area is 297 Å². The van der Waals surface area contributed by atoms with E-state index in [2.05, 4.69) is 24.1 Å². The molecule has 2 bridgehead atoms. The van der Waals surface area contributed by atoms with Gasteiger partial charge in [0, 0.05) is 6.07 Å². The molecule has 1 aliphatic heterocycles. The second-order valence-electron chi connectivity index (χ2n) is 15.6. The third kappa shape index (κ3) is 7.20. The summed E-state index contributed by atoms with van der Waals surface area (Å²) >= 11 is 0. The van der Waals surface area contributed by atoms with Crippen LogP contribution in [0.4, 0.5) is 8.78 Å². The third-order valence-corrected chi connectivity index (χ3v) is 10.7. The van der Waals surface area contributed by atoms with Gasteiger partial charge in [-0.05, 0) is 81.4 Å². The molecule has 7 rings (SSSR count). The van der Waals surface area contributed by atoms with Crippen LogP contribution in [0.5, 0.6) is 11.5 Å². The van der Waals surface area contributed by atoms with Gasteiger partial charge in [-0.1, -0.05) is 50.2 Å². The van der Waals surface area contributed by atoms with Gasteiger partial charge in [-0.25, -0.2) is 13.6 Å². The number of nitrogens with one attached hydrogen (secondary N) is 1. The minimum absolute atomic E-state index is 0.00909. The Morgan fingerprint density at radius 3 is 2.47 bits per heavy atom. The molecule has 2 aromatic carbocycles. The van der Waals surface area contributed by atoms with Crippen molar-refractivity contribution >= 4 is 19.0 Å². The third-order valence-electron chi connectivity index (χ3n) is 10.7. The first-order valence-corrected chi connectivity index (χ1v) is 17.3. The Morgan fingerprint density at radius 2 is 1.82 bits per heavy atom. The number of rotatable bonds is 11. The Bertz CT molecular complexity index is 1790. The lowest BCUT2D eigenvalue weighted by Gasteiger charge is -2.64. The number of carbonyl (C=O) groups excluding carboxylic acids is 2. The van der Waals surface area contributed by atoms with Crippen LogP contribution in [-0.2, 0) is 31.9 Å². The van der Waals surface area contributed by atoms with Crippen LogP contribution in [0, 0.1) is 28.9 Å². The molecule has 4 aliphatic rings. The Balaban J connectivity index is 1.26. The summed E-state index contributed by atoms with van der Waals surface area (Å²) in [4.78, 5) is 31.1. The van der Waals surface area contributed by atoms with Crippen LogP contribution < -0.4 is 20.5 Å². The number of hydrogen-bond acceptors (Lipinski definition) is 9. The van der Waals surface area contributed by atoms with Crippen molar-refractivity contribution in [2.24, 2.45) is 23.0 Å². The van der Waals surface area contributed by atoms with Gasteiger partial charge < -0.3 is 34.6 Å². The largest absolute Gasteiger partial charge is 0.495 e. The Morgan fingerprint density at radius 1 is 1.10 bits per heavy atom. The van der Waals surface area contributed by atoms with E-state index in [4.69, 9.17) is 29.3 Å². The highest BCUT2D eigenvalue weighted by Crippen LogP contribution is 2.65. The molecule has 1 amide bonds. The van der Waals surface area contributed by atoms with E-state index >= 15 is 8.78 Å². The van der Waals surface area contributed by atoms with E-state index in [1.54, 1.807) is 20.8 Å². The molecule has 0 spiro atoms. The fraction of sp³-hybridized carbons (Fsp3) is 0.500. The molecule has 1 saturated heterocycles. The molecule has 51 heavy (non-hydrogen) atoms. The fourth-order valence-corrected chi connectivity index (χ4v) is 7.91. The standard InChI is InChI=1S/C38H46BF2N3O7/c1-36(2,3)49-35(46)30-25(40)14-13-22(33(30)47-7)15-29(39-50-28-17-23-16-27(37(23,4)5)38(28,6)51-39)44-34(45)31(42)32-26(41)18-24(19-43-32)48-20-21-11-9-8-10-12-21/h8-14,18-19,23,27-29,31H,15-17,20,42H2,1-7H3,(H,44,45)/t23-,27-,28+,29?,31?,38-/m0/s1. The smallest absolute Gasteiger partial charge is 0.482 e. The number of carbonyl (C=O) groups is 2. The van der Waals surface area contributed by atoms with Crippen LogP contribution in [0.25, 0.3) is 0 Å². The number of hydrogen-bond donors (Lipinski definition) is 2. The van der Waals surface area contributed by atoms with E-state index < -0.39 is 53.8 Å². The predicted molar refractivity (Wildman–Crippen MR) is 186 cm³/mol. The second-order valence-corrected chi connectivity index (χ2v) is 15.6. The summed E-state index contributed by atoms with van der Waals surface area (Å²) in [5.74, 6) is -3.33. The minimum Gasteiger partial charge on any atom is -0.495 e. The van der Waals surface area contributed by atoms with E-state index in [0.29, 0.717) is 11.5 Å². The maximum atomic E-state index is 15.4. The molecule has 272 valence electrons. The lowest BCUT2D eigenvalue weighted by molar-refractivity contribution is -0.199. The normalized spacial score (nSPS) is 24.5. The molecule has 4 fully saturated rings. The van der Waals surface area contributed by atoms with Crippen LogP contribution in [0.1, 0.15) is 87.6 Å². The zero-order valence-corrected chi connectivity index (χ0v) is 30.1. The second kappa shape index (κ2) is 13.8. The van der Waals surface area contributed by atoms with Crippen LogP contribution >= 0.6 is 0 Å². The number of methoxy groups -OCH3 is 1. The van der Waals surface area contributed by atoms with Crippen molar-refractivity contribution in [2.75, 3.05) is 7.11 Å². The topological polar surface area (TPSA) is 131 Å². The number of amides is 1. The zero-order valence-electron chi connectivity index (χ0n) is 30.1. The summed E-state index contributed by atoms with van der Waals surface area (Å²) in [7, 11) is 0.378. The molecule has 10 nitrogen and oxygen atoms in total. The van der Waals surface area contributed by atoms with Gasteiger partial charge in [0.1, 0.15) is 46.8 Å². The number of halogens is 2. The van der Waals surface area contributed by atoms with E-state index in [-0.39, 0.29) is 53.2 Å². The van der Waals surface area contributed by atoms with Crippen molar-refractivity contribution in [2.45, 2.75) is 96.7 Å². The summed E-state index contributed by atoms with van der Waals surface area (Å²) < 4.78 is 60.6. The van der Waals surface area contributed by atoms with Gasteiger partial charge in [0.2, 0.25) is 5.91 Å². The van der Waals surface area contributed by atoms with Crippen molar-refractivity contribution in [3.05, 3.63) is 88.7 Å². The molecular weight excluding hydrogens is 659 g/mol. The zero-order chi connectivity index (χ0) is 36.9. The maximum absolute atomic E-state index is 15.4. The number of benzene rings is 2. The molecular formula is C38H46BF2N3O7. The highest BCUT2D eigenvalue weighted by atomic mass is 19.1. The van der Waals surface area contributed by atoms with Crippen molar-refractivity contribution in [1.29, 1.82) is 0 Å². The van der Waals surface area contributed by atoms with Gasteiger partial charge in [-0.3, -0.25) is 9.78 Å². The highest BCUT2D eigenvalue weighted by Gasteiger charge is 2.68. The summed E-state index contributed by atoms with van der Waals surface area (Å²) in [6.45, 7) is 11.8. The number of pyridine rings is 1. The molecule has 13 heteroatoms. The Kier molecular flexibility index (Phi) is 9.95. The first-order chi connectivity index (χ1) is 24.0. The van der Waals surface area contributed by atoms with Gasteiger partial charge in [-0.15, -0.1) is 0 Å². The van der Waals surface area contributed by atoms with Crippen LogP contribution in [0.2, 0.25) is 0 Å². The molecule has 3 N–H and O–H groups in total. The molecule has 0 radical (unpaired) electrons. The minimum atomic E-state index is -1.51. The lowest BCUT2D eigenvalue weighted by Crippen LogP contribution is -2.65. The first-order valence-electron chi connectivity index (χ1n) is 17.3. The van der Waals surface area contributed by atoms with Crippen LogP contribution in [0.15, 0.2) is 54.7 Å². The number of aromatic nitrogens is 1. The molecule has 3 saturated carbocycles. The molecule has 2 heterocycles. The Hall–Kier alpha value is -4.07. The van der Waals surface area contributed by atoms with Crippen LogP contribution in [-0.4, -0.2) is 54.3 Å². The van der Waals surface area contributed by atoms with Gasteiger partial charge >= 0.3 is 13.1 Å². The van der Waals surface area contributed by atoms with Gasteiger partial charge in [0.05, 0.1) is 31.0 Å². The summed E-state index contributed by atoms with van der Waals surface area (Å²) in [6, 6.07) is 11.6. The summed E-state index contributed by atoms with van der Waals surface area (Å²) in [6.07, 6.45) is 2.90. The van der Waals surface area contributed by atoms with Crippen molar-refractivity contribution in [3.8, 4) is 11.5 Å². The SMILES string of the molecule is COc1c(CC(NC(=O)C(N)c2ncc(OCc3ccccc3)cc2F)B2O[C@@H]3C[C@@H]4C[C@@H](C4(C)C)[C@]3(C)O2)ccc(F)c1C(=O)OC(C)(C)C. The number of ether oxygens (including phenoxy) is 3. The summed E-state index contributed by atoms with van der Waals surface area (Å²) in [5, 5.41) is 2.91. The van der Waals surface area contributed by atoms with Gasteiger partial charge in [0.25, 0.3) is 0 Å². The molecule has 6 atom stereocenters. The average molecular weight is 706 g/mol. The number of nitrogens with zero attached hydrogens (tertiary/aromatic N) is 1. The monoisotopic (exact) mass is 705 g/mol. The van der Waals surface area contributed by atoms with Crippen molar-refractivity contribution in [3.63, 3.8) is 0 Å². The highest BCUT2D eigenvalue weighted by molar-refractivity contribution is 6.48. The van der Waals surface area contributed by atoms with Gasteiger partial charge in [-0.2, -0.15) is 0 Å². The van der Waals surface area contributed by atoms with E-state index in [0.717, 1.165) is 30.5 Å². The van der Waals surface area contributed by atoms with Gasteiger partial charge in [0.15, 0.2) is 5.82 Å². The predicted octanol–water partition coefficient (Wildman–Crippen LogP) is 5.90. The van der Waals surface area contributed by atoms with E-state index in [1.807, 2.05) is 37.3 Å². The average Bonchev–Trinajstić information content (AvgIpc) is 3.44. The molecule has 3 aliphatic carbocycles. The lowest BCUT2D eigenvalue weighted by atomic mass is 9.43. The van der Waals surface area contributed by atoms with E-state index in [9.17, 15) is 9.59 Å². The quantitative estimate of drug-likeness (QED) is 0.185. The summed E-state index contributed by atoms with van der Waals surface area (Å²) in [5.41, 5.74) is 5.52. The molecule has 2 unspecified atom stereocenters. The maximum Gasteiger partial charge on any atom is 0.482 e. The fourth-order valence-electron chi connectivity index (χ4n) is 7.91.